The molecule has 5 nitrogen and oxygen atoms in total. The topological polar surface area (TPSA) is 70.1 Å². The van der Waals surface area contributed by atoms with Gasteiger partial charge in [0.1, 0.15) is 0 Å². The van der Waals surface area contributed by atoms with Crippen LogP contribution in [-0.2, 0) is 6.54 Å². The zero-order valence-electron chi connectivity index (χ0n) is 10.7. The molecule has 0 bridgehead atoms. The van der Waals surface area contributed by atoms with Crippen LogP contribution < -0.4 is 16.4 Å². The lowest BCUT2D eigenvalue weighted by atomic mass is 10.2. The summed E-state index contributed by atoms with van der Waals surface area (Å²) in [6, 6.07) is 6.22. The van der Waals surface area contributed by atoms with Gasteiger partial charge in [-0.3, -0.25) is 4.98 Å². The van der Waals surface area contributed by atoms with Crippen LogP contribution in [0.25, 0.3) is 11.1 Å². The summed E-state index contributed by atoms with van der Waals surface area (Å²) in [5, 5.41) is 6.68. The van der Waals surface area contributed by atoms with Crippen molar-refractivity contribution in [2.75, 3.05) is 13.1 Å². The van der Waals surface area contributed by atoms with Crippen LogP contribution in [-0.4, -0.2) is 24.1 Å². The van der Waals surface area contributed by atoms with Gasteiger partial charge in [-0.15, -0.1) is 0 Å². The first-order valence-electron chi connectivity index (χ1n) is 6.21. The third-order valence-electron chi connectivity index (χ3n) is 2.67. The number of oxazole rings is 1. The first-order valence-corrected chi connectivity index (χ1v) is 6.21. The number of H-pyrrole nitrogens is 1. The average molecular weight is 249 g/mol. The van der Waals surface area contributed by atoms with Gasteiger partial charge in [0.2, 0.25) is 0 Å². The van der Waals surface area contributed by atoms with Crippen molar-refractivity contribution in [1.29, 1.82) is 0 Å². The maximum Gasteiger partial charge on any atom is 0.417 e. The molecule has 18 heavy (non-hydrogen) atoms. The van der Waals surface area contributed by atoms with Gasteiger partial charge in [-0.05, 0) is 17.7 Å². The summed E-state index contributed by atoms with van der Waals surface area (Å²) in [5.74, 6) is -0.406. The predicted octanol–water partition coefficient (Wildman–Crippen LogP) is 1.21. The molecule has 0 unspecified atom stereocenters. The summed E-state index contributed by atoms with van der Waals surface area (Å²) < 4.78 is 4.95. The van der Waals surface area contributed by atoms with E-state index in [9.17, 15) is 4.79 Å². The van der Waals surface area contributed by atoms with E-state index in [1.165, 1.54) is 0 Å². The maximum absolute atomic E-state index is 11.0. The van der Waals surface area contributed by atoms with Crippen LogP contribution in [0.2, 0.25) is 0 Å². The SMILES string of the molecule is CC(C)NCCNCc1ccc2oc(=O)[nH]c2c1. The zero-order valence-corrected chi connectivity index (χ0v) is 10.7. The van der Waals surface area contributed by atoms with Crippen LogP contribution >= 0.6 is 0 Å². The van der Waals surface area contributed by atoms with Gasteiger partial charge >= 0.3 is 5.76 Å². The Labute approximate surface area is 106 Å². The summed E-state index contributed by atoms with van der Waals surface area (Å²) in [6.07, 6.45) is 0. The Balaban J connectivity index is 1.86. The van der Waals surface area contributed by atoms with E-state index in [-0.39, 0.29) is 0 Å². The number of hydrogen-bond acceptors (Lipinski definition) is 4. The lowest BCUT2D eigenvalue weighted by molar-refractivity contribution is 0.554. The summed E-state index contributed by atoms with van der Waals surface area (Å²) in [6.45, 7) is 6.90. The van der Waals surface area contributed by atoms with Crippen molar-refractivity contribution in [2.24, 2.45) is 0 Å². The molecule has 0 atom stereocenters. The number of nitrogens with one attached hydrogen (secondary N) is 3. The Morgan fingerprint density at radius 3 is 2.94 bits per heavy atom. The van der Waals surface area contributed by atoms with Gasteiger partial charge < -0.3 is 15.1 Å². The molecule has 3 N–H and O–H groups in total. The van der Waals surface area contributed by atoms with Gasteiger partial charge in [-0.25, -0.2) is 4.79 Å². The van der Waals surface area contributed by atoms with Crippen molar-refractivity contribution in [3.8, 4) is 0 Å². The van der Waals surface area contributed by atoms with Crippen LogP contribution in [0, 0.1) is 0 Å². The highest BCUT2D eigenvalue weighted by atomic mass is 16.4. The highest BCUT2D eigenvalue weighted by molar-refractivity contribution is 5.72. The molecule has 0 spiro atoms. The molecule has 1 aromatic heterocycles. The molecular formula is C13H19N3O2. The lowest BCUT2D eigenvalue weighted by Gasteiger charge is -2.08. The van der Waals surface area contributed by atoms with Gasteiger partial charge in [0.25, 0.3) is 0 Å². The van der Waals surface area contributed by atoms with Crippen LogP contribution in [0.1, 0.15) is 19.4 Å². The van der Waals surface area contributed by atoms with E-state index in [2.05, 4.69) is 29.5 Å². The van der Waals surface area contributed by atoms with Crippen LogP contribution in [0.4, 0.5) is 0 Å². The number of benzene rings is 1. The fourth-order valence-electron chi connectivity index (χ4n) is 1.79. The molecule has 2 rings (SSSR count). The Bertz CT molecular complexity index is 557. The minimum atomic E-state index is -0.406. The molecule has 1 aromatic carbocycles. The number of aromatic nitrogens is 1. The van der Waals surface area contributed by atoms with Gasteiger partial charge in [0.05, 0.1) is 5.52 Å². The van der Waals surface area contributed by atoms with E-state index >= 15 is 0 Å². The molecule has 0 aliphatic carbocycles. The molecular weight excluding hydrogens is 230 g/mol. The molecule has 2 aromatic rings. The standard InChI is InChI=1S/C13H19N3O2/c1-9(2)15-6-5-14-8-10-3-4-12-11(7-10)16-13(17)18-12/h3-4,7,9,14-15H,5-6,8H2,1-2H3,(H,16,17). The van der Waals surface area contributed by atoms with Crippen molar-refractivity contribution < 1.29 is 4.42 Å². The van der Waals surface area contributed by atoms with Gasteiger partial charge in [-0.2, -0.15) is 0 Å². The van der Waals surface area contributed by atoms with Gasteiger partial charge in [0, 0.05) is 25.7 Å². The molecule has 0 aliphatic heterocycles. The van der Waals surface area contributed by atoms with E-state index in [1.807, 2.05) is 18.2 Å². The molecule has 0 amide bonds. The second kappa shape index (κ2) is 5.84. The molecule has 0 saturated carbocycles. The van der Waals surface area contributed by atoms with Crippen LogP contribution in [0.15, 0.2) is 27.4 Å². The first kappa shape index (κ1) is 12.9. The smallest absolute Gasteiger partial charge is 0.408 e. The zero-order chi connectivity index (χ0) is 13.0. The first-order chi connectivity index (χ1) is 8.65. The highest BCUT2D eigenvalue weighted by Crippen LogP contribution is 2.11. The Kier molecular flexibility index (Phi) is 4.17. The highest BCUT2D eigenvalue weighted by Gasteiger charge is 2.01. The number of fused-ring (bicyclic) bond motifs is 1. The normalized spacial score (nSPS) is 11.5. The summed E-state index contributed by atoms with van der Waals surface area (Å²) in [7, 11) is 0. The molecule has 1 heterocycles. The predicted molar refractivity (Wildman–Crippen MR) is 71.7 cm³/mol. The fourth-order valence-corrected chi connectivity index (χ4v) is 1.79. The molecule has 5 heteroatoms. The lowest BCUT2D eigenvalue weighted by Crippen LogP contribution is -2.31. The van der Waals surface area contributed by atoms with Crippen molar-refractivity contribution in [3.63, 3.8) is 0 Å². The summed E-state index contributed by atoms with van der Waals surface area (Å²) in [5.41, 5.74) is 2.48. The van der Waals surface area contributed by atoms with Crippen molar-refractivity contribution in [2.45, 2.75) is 26.4 Å². The second-order valence-corrected chi connectivity index (χ2v) is 4.63. The van der Waals surface area contributed by atoms with Crippen LogP contribution in [0.3, 0.4) is 0 Å². The second-order valence-electron chi connectivity index (χ2n) is 4.63. The minimum Gasteiger partial charge on any atom is -0.408 e. The van der Waals surface area contributed by atoms with Crippen molar-refractivity contribution in [1.82, 2.24) is 15.6 Å². The van der Waals surface area contributed by atoms with Crippen LogP contribution in [0.5, 0.6) is 0 Å². The van der Waals surface area contributed by atoms with E-state index in [0.717, 1.165) is 30.7 Å². The van der Waals surface area contributed by atoms with E-state index in [0.29, 0.717) is 11.6 Å². The van der Waals surface area contributed by atoms with Crippen molar-refractivity contribution in [3.05, 3.63) is 34.3 Å². The van der Waals surface area contributed by atoms with E-state index in [4.69, 9.17) is 4.42 Å². The molecule has 0 fully saturated rings. The average Bonchev–Trinajstić information content (AvgIpc) is 2.67. The summed E-state index contributed by atoms with van der Waals surface area (Å²) in [4.78, 5) is 13.7. The number of hydrogen-bond donors (Lipinski definition) is 3. The molecule has 0 saturated heterocycles. The Morgan fingerprint density at radius 2 is 2.17 bits per heavy atom. The van der Waals surface area contributed by atoms with E-state index in [1.54, 1.807) is 0 Å². The van der Waals surface area contributed by atoms with Crippen molar-refractivity contribution >= 4 is 11.1 Å². The number of aromatic amines is 1. The minimum absolute atomic E-state index is 0.406. The monoisotopic (exact) mass is 249 g/mol. The third kappa shape index (κ3) is 3.45. The molecule has 0 radical (unpaired) electrons. The third-order valence-corrected chi connectivity index (χ3v) is 2.67. The maximum atomic E-state index is 11.0. The summed E-state index contributed by atoms with van der Waals surface area (Å²) >= 11 is 0. The quantitative estimate of drug-likeness (QED) is 0.673. The largest absolute Gasteiger partial charge is 0.417 e. The van der Waals surface area contributed by atoms with E-state index < -0.39 is 5.76 Å². The van der Waals surface area contributed by atoms with Gasteiger partial charge in [-0.1, -0.05) is 19.9 Å². The molecule has 98 valence electrons. The fraction of sp³-hybridized carbons (Fsp3) is 0.462. The Hall–Kier alpha value is -1.59. The Morgan fingerprint density at radius 1 is 1.33 bits per heavy atom. The number of rotatable bonds is 6. The van der Waals surface area contributed by atoms with Gasteiger partial charge in [0.15, 0.2) is 5.58 Å². The molecule has 0 aliphatic rings.